The fourth-order valence-electron chi connectivity index (χ4n) is 1.23. The van der Waals surface area contributed by atoms with Gasteiger partial charge in [-0.3, -0.25) is 0 Å². The van der Waals surface area contributed by atoms with Gasteiger partial charge in [0, 0.05) is 6.42 Å². The molecule has 1 aromatic heterocycles. The summed E-state index contributed by atoms with van der Waals surface area (Å²) in [5, 5.41) is 10.4. The lowest BCUT2D eigenvalue weighted by Crippen LogP contribution is -1.88. The summed E-state index contributed by atoms with van der Waals surface area (Å²) in [7, 11) is 0. The lowest BCUT2D eigenvalue weighted by Gasteiger charge is -1.97. The predicted molar refractivity (Wildman–Crippen MR) is 50.4 cm³/mol. The van der Waals surface area contributed by atoms with Crippen molar-refractivity contribution in [3.8, 4) is 0 Å². The molecule has 0 amide bonds. The molecular weight excluding hydrogens is 162 g/mol. The summed E-state index contributed by atoms with van der Waals surface area (Å²) < 4.78 is 0. The third-order valence-corrected chi connectivity index (χ3v) is 1.97. The number of H-pyrrole nitrogens is 1. The Balaban J connectivity index is 2.15. The Morgan fingerprint density at radius 2 is 2.00 bits per heavy atom. The Kier molecular flexibility index (Phi) is 2.08. The van der Waals surface area contributed by atoms with Crippen LogP contribution in [0.15, 0.2) is 30.5 Å². The molecule has 0 spiro atoms. The molecule has 1 aromatic carbocycles. The van der Waals surface area contributed by atoms with E-state index in [-0.39, 0.29) is 0 Å². The van der Waals surface area contributed by atoms with Crippen molar-refractivity contribution in [1.82, 2.24) is 15.4 Å². The molecule has 0 aliphatic rings. The summed E-state index contributed by atoms with van der Waals surface area (Å²) in [4.78, 5) is 0. The zero-order valence-electron chi connectivity index (χ0n) is 7.49. The maximum atomic E-state index is 4.00. The minimum atomic E-state index is 0.844. The number of aromatic amines is 1. The second-order valence-electron chi connectivity index (χ2n) is 3.12. The summed E-state index contributed by atoms with van der Waals surface area (Å²) in [5.74, 6) is 0. The summed E-state index contributed by atoms with van der Waals surface area (Å²) in [6, 6.07) is 8.44. The molecule has 2 rings (SSSR count). The molecule has 0 saturated heterocycles. The number of hydrogen-bond acceptors (Lipinski definition) is 2. The van der Waals surface area contributed by atoms with E-state index in [1.54, 1.807) is 6.20 Å². The van der Waals surface area contributed by atoms with Gasteiger partial charge in [-0.25, -0.2) is 0 Å². The van der Waals surface area contributed by atoms with Crippen LogP contribution >= 0.6 is 0 Å². The molecule has 0 saturated carbocycles. The molecule has 0 aliphatic heterocycles. The van der Waals surface area contributed by atoms with E-state index in [0.717, 1.165) is 12.1 Å². The standard InChI is InChI=1S/C10H11N3/c1-8-2-4-9(5-3-8)6-10-7-11-13-12-10/h2-5,7H,6H2,1H3,(H,11,12,13). The molecule has 0 unspecified atom stereocenters. The van der Waals surface area contributed by atoms with E-state index in [4.69, 9.17) is 0 Å². The number of benzene rings is 1. The van der Waals surface area contributed by atoms with Gasteiger partial charge >= 0.3 is 0 Å². The van der Waals surface area contributed by atoms with Crippen molar-refractivity contribution in [1.29, 1.82) is 0 Å². The van der Waals surface area contributed by atoms with Gasteiger partial charge in [0.25, 0.3) is 0 Å². The first-order chi connectivity index (χ1) is 6.34. The van der Waals surface area contributed by atoms with Gasteiger partial charge in [0.2, 0.25) is 0 Å². The van der Waals surface area contributed by atoms with Gasteiger partial charge in [0.1, 0.15) is 0 Å². The molecule has 0 aliphatic carbocycles. The van der Waals surface area contributed by atoms with Crippen molar-refractivity contribution in [3.05, 3.63) is 47.3 Å². The SMILES string of the molecule is Cc1ccc(Cc2cn[nH]n2)cc1. The van der Waals surface area contributed by atoms with Crippen LogP contribution in [0.2, 0.25) is 0 Å². The van der Waals surface area contributed by atoms with E-state index in [9.17, 15) is 0 Å². The van der Waals surface area contributed by atoms with E-state index in [2.05, 4.69) is 46.6 Å². The first kappa shape index (κ1) is 7.98. The molecular formula is C10H11N3. The van der Waals surface area contributed by atoms with E-state index in [1.165, 1.54) is 11.1 Å². The van der Waals surface area contributed by atoms with Crippen molar-refractivity contribution in [2.45, 2.75) is 13.3 Å². The van der Waals surface area contributed by atoms with Crippen LogP contribution in [0.1, 0.15) is 16.8 Å². The fourth-order valence-corrected chi connectivity index (χ4v) is 1.23. The average Bonchev–Trinajstić information content (AvgIpc) is 2.62. The fraction of sp³-hybridized carbons (Fsp3) is 0.200. The third kappa shape index (κ3) is 1.93. The molecule has 3 nitrogen and oxygen atoms in total. The molecule has 0 fully saturated rings. The van der Waals surface area contributed by atoms with Gasteiger partial charge in [0.05, 0.1) is 11.9 Å². The maximum absolute atomic E-state index is 4.00. The Morgan fingerprint density at radius 1 is 1.23 bits per heavy atom. The Morgan fingerprint density at radius 3 is 2.62 bits per heavy atom. The average molecular weight is 173 g/mol. The molecule has 2 aromatic rings. The zero-order valence-corrected chi connectivity index (χ0v) is 7.49. The van der Waals surface area contributed by atoms with Crippen LogP contribution in [0.3, 0.4) is 0 Å². The number of rotatable bonds is 2. The topological polar surface area (TPSA) is 41.6 Å². The summed E-state index contributed by atoms with van der Waals surface area (Å²) in [6.45, 7) is 2.08. The van der Waals surface area contributed by atoms with E-state index >= 15 is 0 Å². The van der Waals surface area contributed by atoms with Gasteiger partial charge in [-0.15, -0.1) is 0 Å². The normalized spacial score (nSPS) is 10.2. The number of aromatic nitrogens is 3. The molecule has 1 heterocycles. The third-order valence-electron chi connectivity index (χ3n) is 1.97. The Labute approximate surface area is 76.8 Å². The highest BCUT2D eigenvalue weighted by Gasteiger charge is 1.97. The number of aryl methyl sites for hydroxylation is 1. The number of hydrogen-bond donors (Lipinski definition) is 1. The van der Waals surface area contributed by atoms with Gasteiger partial charge in [-0.1, -0.05) is 29.8 Å². The molecule has 1 N–H and O–H groups in total. The molecule has 0 radical (unpaired) electrons. The van der Waals surface area contributed by atoms with E-state index in [1.807, 2.05) is 0 Å². The second kappa shape index (κ2) is 3.39. The maximum Gasteiger partial charge on any atom is 0.0868 e. The summed E-state index contributed by atoms with van der Waals surface area (Å²) in [6.07, 6.45) is 2.59. The van der Waals surface area contributed by atoms with E-state index < -0.39 is 0 Å². The highest BCUT2D eigenvalue weighted by molar-refractivity contribution is 5.24. The van der Waals surface area contributed by atoms with Gasteiger partial charge in [-0.05, 0) is 12.5 Å². The first-order valence-electron chi connectivity index (χ1n) is 4.25. The Bertz CT molecular complexity index is 362. The highest BCUT2D eigenvalue weighted by Crippen LogP contribution is 2.07. The molecule has 66 valence electrons. The van der Waals surface area contributed by atoms with E-state index in [0.29, 0.717) is 0 Å². The van der Waals surface area contributed by atoms with Crippen LogP contribution in [0.4, 0.5) is 0 Å². The van der Waals surface area contributed by atoms with Crippen LogP contribution < -0.4 is 0 Å². The quantitative estimate of drug-likeness (QED) is 0.751. The van der Waals surface area contributed by atoms with Gasteiger partial charge in [0.15, 0.2) is 0 Å². The Hall–Kier alpha value is -1.64. The number of nitrogens with one attached hydrogen (secondary N) is 1. The highest BCUT2D eigenvalue weighted by atomic mass is 15.3. The van der Waals surface area contributed by atoms with Crippen molar-refractivity contribution >= 4 is 0 Å². The zero-order chi connectivity index (χ0) is 9.10. The monoisotopic (exact) mass is 173 g/mol. The van der Waals surface area contributed by atoms with Gasteiger partial charge < -0.3 is 0 Å². The molecule has 0 bridgehead atoms. The van der Waals surface area contributed by atoms with Crippen molar-refractivity contribution < 1.29 is 0 Å². The second-order valence-corrected chi connectivity index (χ2v) is 3.12. The first-order valence-corrected chi connectivity index (χ1v) is 4.25. The minimum absolute atomic E-state index is 0.844. The molecule has 0 atom stereocenters. The summed E-state index contributed by atoms with van der Waals surface area (Å²) >= 11 is 0. The minimum Gasteiger partial charge on any atom is -0.198 e. The van der Waals surface area contributed by atoms with Crippen LogP contribution in [-0.2, 0) is 6.42 Å². The van der Waals surface area contributed by atoms with Crippen molar-refractivity contribution in [2.75, 3.05) is 0 Å². The smallest absolute Gasteiger partial charge is 0.0868 e. The summed E-state index contributed by atoms with van der Waals surface area (Å²) in [5.41, 5.74) is 3.52. The van der Waals surface area contributed by atoms with Crippen molar-refractivity contribution in [2.24, 2.45) is 0 Å². The number of nitrogens with zero attached hydrogens (tertiary/aromatic N) is 2. The van der Waals surface area contributed by atoms with Crippen LogP contribution in [0.25, 0.3) is 0 Å². The van der Waals surface area contributed by atoms with Crippen molar-refractivity contribution in [3.63, 3.8) is 0 Å². The van der Waals surface area contributed by atoms with Crippen LogP contribution in [0, 0.1) is 6.92 Å². The van der Waals surface area contributed by atoms with Crippen LogP contribution in [0.5, 0.6) is 0 Å². The predicted octanol–water partition coefficient (Wildman–Crippen LogP) is 1.70. The van der Waals surface area contributed by atoms with Gasteiger partial charge in [-0.2, -0.15) is 15.4 Å². The largest absolute Gasteiger partial charge is 0.198 e. The molecule has 3 heteroatoms. The lowest BCUT2D eigenvalue weighted by atomic mass is 10.1. The van der Waals surface area contributed by atoms with Crippen LogP contribution in [-0.4, -0.2) is 15.4 Å². The molecule has 13 heavy (non-hydrogen) atoms. The lowest BCUT2D eigenvalue weighted by molar-refractivity contribution is 0.915.